The monoisotopic (exact) mass is 351 g/mol. The molecule has 4 N–H and O–H groups in total. The number of esters is 1. The van der Waals surface area contributed by atoms with Crippen LogP contribution in [0.2, 0.25) is 0 Å². The number of allylic oxidation sites excluding steroid dienone is 1. The van der Waals surface area contributed by atoms with Crippen LogP contribution in [0.4, 0.5) is 0 Å². The van der Waals surface area contributed by atoms with Crippen LogP contribution in [0.3, 0.4) is 0 Å². The minimum absolute atomic E-state index is 0.0401. The summed E-state index contributed by atoms with van der Waals surface area (Å²) in [6, 6.07) is 15.3. The van der Waals surface area contributed by atoms with Crippen molar-refractivity contribution < 1.29 is 14.3 Å². The van der Waals surface area contributed by atoms with Gasteiger partial charge in [-0.05, 0) is 30.3 Å². The molecule has 2 aromatic carbocycles. The van der Waals surface area contributed by atoms with E-state index in [1.54, 1.807) is 43.4 Å². The second-order valence-electron chi connectivity index (χ2n) is 5.57. The predicted octanol–water partition coefficient (Wildman–Crippen LogP) is 2.21. The standard InChI is InChI=1S/C20H21N3O3/c1-23-19(14-9-6-10-15(11-14)20(25)26-2)17(16(21)12-24)18(22)13-7-4-3-5-8-13/h3-12,19,22-23H,21H2,1-2H3/b17-16+,22-18?. The van der Waals surface area contributed by atoms with E-state index >= 15 is 0 Å². The van der Waals surface area contributed by atoms with Crippen LogP contribution in [-0.2, 0) is 9.53 Å². The summed E-state index contributed by atoms with van der Waals surface area (Å²) >= 11 is 0. The third-order valence-electron chi connectivity index (χ3n) is 3.99. The zero-order chi connectivity index (χ0) is 19.1. The van der Waals surface area contributed by atoms with Crippen molar-refractivity contribution in [2.75, 3.05) is 14.2 Å². The molecule has 1 unspecified atom stereocenters. The van der Waals surface area contributed by atoms with Gasteiger partial charge in [-0.2, -0.15) is 0 Å². The van der Waals surface area contributed by atoms with Crippen molar-refractivity contribution >= 4 is 18.0 Å². The smallest absolute Gasteiger partial charge is 0.337 e. The van der Waals surface area contributed by atoms with Crippen molar-refractivity contribution in [3.8, 4) is 0 Å². The second-order valence-corrected chi connectivity index (χ2v) is 5.57. The lowest BCUT2D eigenvalue weighted by Gasteiger charge is -2.23. The number of ether oxygens (including phenoxy) is 1. The Labute approximate surface area is 152 Å². The normalized spacial score (nSPS) is 12.7. The van der Waals surface area contributed by atoms with Gasteiger partial charge in [0.1, 0.15) is 0 Å². The molecule has 0 saturated heterocycles. The summed E-state index contributed by atoms with van der Waals surface area (Å²) in [5, 5.41) is 11.6. The van der Waals surface area contributed by atoms with Crippen LogP contribution in [0.5, 0.6) is 0 Å². The van der Waals surface area contributed by atoms with Crippen LogP contribution in [-0.4, -0.2) is 32.1 Å². The molecular formula is C20H21N3O3. The Morgan fingerprint density at radius 2 is 1.81 bits per heavy atom. The maximum atomic E-state index is 11.8. The highest BCUT2D eigenvalue weighted by molar-refractivity contribution is 6.13. The van der Waals surface area contributed by atoms with Crippen LogP contribution < -0.4 is 11.1 Å². The molecule has 1 atom stereocenters. The Kier molecular flexibility index (Phi) is 6.41. The fraction of sp³-hybridized carbons (Fsp3) is 0.150. The predicted molar refractivity (Wildman–Crippen MR) is 100 cm³/mol. The van der Waals surface area contributed by atoms with E-state index in [0.29, 0.717) is 28.5 Å². The van der Waals surface area contributed by atoms with Crippen molar-refractivity contribution in [1.29, 1.82) is 5.41 Å². The highest BCUT2D eigenvalue weighted by Gasteiger charge is 2.23. The van der Waals surface area contributed by atoms with Crippen molar-refractivity contribution in [3.05, 3.63) is 82.6 Å². The molecule has 0 heterocycles. The van der Waals surface area contributed by atoms with Gasteiger partial charge >= 0.3 is 5.97 Å². The number of hydrogen-bond acceptors (Lipinski definition) is 6. The number of aldehydes is 1. The molecule has 26 heavy (non-hydrogen) atoms. The molecule has 0 amide bonds. The molecule has 0 aliphatic rings. The lowest BCUT2D eigenvalue weighted by molar-refractivity contribution is -0.105. The van der Waals surface area contributed by atoms with Gasteiger partial charge in [-0.1, -0.05) is 42.5 Å². The molecule has 2 rings (SSSR count). The molecule has 0 aliphatic heterocycles. The zero-order valence-corrected chi connectivity index (χ0v) is 14.7. The molecule has 2 aromatic rings. The number of carbonyl (C=O) groups excluding carboxylic acids is 2. The van der Waals surface area contributed by atoms with E-state index in [9.17, 15) is 9.59 Å². The van der Waals surface area contributed by atoms with Gasteiger partial charge in [0, 0.05) is 5.57 Å². The van der Waals surface area contributed by atoms with E-state index in [2.05, 4.69) is 5.32 Å². The average molecular weight is 351 g/mol. The first-order chi connectivity index (χ1) is 12.5. The van der Waals surface area contributed by atoms with Crippen molar-refractivity contribution in [2.24, 2.45) is 5.73 Å². The number of hydrogen-bond donors (Lipinski definition) is 3. The molecule has 0 spiro atoms. The van der Waals surface area contributed by atoms with E-state index in [1.807, 2.05) is 18.2 Å². The summed E-state index contributed by atoms with van der Waals surface area (Å²) in [6.45, 7) is 0. The highest BCUT2D eigenvalue weighted by atomic mass is 16.5. The molecule has 0 fully saturated rings. The number of nitrogens with one attached hydrogen (secondary N) is 2. The molecule has 0 saturated carbocycles. The maximum absolute atomic E-state index is 11.8. The number of carbonyl (C=O) groups is 2. The van der Waals surface area contributed by atoms with Crippen LogP contribution in [0.25, 0.3) is 0 Å². The van der Waals surface area contributed by atoms with E-state index in [4.69, 9.17) is 15.9 Å². The topological polar surface area (TPSA) is 105 Å². The summed E-state index contributed by atoms with van der Waals surface area (Å²) in [5.41, 5.74) is 8.07. The first kappa shape index (κ1) is 19.1. The lowest BCUT2D eigenvalue weighted by Crippen LogP contribution is -2.27. The fourth-order valence-corrected chi connectivity index (χ4v) is 2.72. The molecule has 134 valence electrons. The van der Waals surface area contributed by atoms with Crippen LogP contribution in [0, 0.1) is 5.41 Å². The van der Waals surface area contributed by atoms with Crippen LogP contribution in [0.1, 0.15) is 27.5 Å². The first-order valence-electron chi connectivity index (χ1n) is 7.98. The third-order valence-corrected chi connectivity index (χ3v) is 3.99. The Bertz CT molecular complexity index is 844. The van der Waals surface area contributed by atoms with Crippen LogP contribution >= 0.6 is 0 Å². The van der Waals surface area contributed by atoms with Crippen LogP contribution in [0.15, 0.2) is 65.9 Å². The summed E-state index contributed by atoms with van der Waals surface area (Å²) in [6.07, 6.45) is 0.529. The summed E-state index contributed by atoms with van der Waals surface area (Å²) in [5.74, 6) is -0.464. The van der Waals surface area contributed by atoms with E-state index in [-0.39, 0.29) is 11.4 Å². The first-order valence-corrected chi connectivity index (χ1v) is 7.98. The molecule has 6 nitrogen and oxygen atoms in total. The fourth-order valence-electron chi connectivity index (χ4n) is 2.72. The molecular weight excluding hydrogens is 330 g/mol. The Balaban J connectivity index is 2.55. The minimum Gasteiger partial charge on any atom is -0.465 e. The summed E-state index contributed by atoms with van der Waals surface area (Å²) < 4.78 is 4.76. The largest absolute Gasteiger partial charge is 0.465 e. The van der Waals surface area contributed by atoms with Gasteiger partial charge in [-0.3, -0.25) is 10.2 Å². The van der Waals surface area contributed by atoms with Gasteiger partial charge in [0.15, 0.2) is 6.29 Å². The van der Waals surface area contributed by atoms with Crippen molar-refractivity contribution in [1.82, 2.24) is 5.32 Å². The molecule has 0 aromatic heterocycles. The van der Waals surface area contributed by atoms with Gasteiger partial charge < -0.3 is 15.8 Å². The number of rotatable bonds is 7. The number of likely N-dealkylation sites (N-methyl/N-ethyl adjacent to an activating group) is 1. The summed E-state index contributed by atoms with van der Waals surface area (Å²) in [4.78, 5) is 23.2. The SMILES string of the molecule is CNC(/C(C(=N)c1ccccc1)=C(/N)C=O)c1cccc(C(=O)OC)c1. The molecule has 0 radical (unpaired) electrons. The highest BCUT2D eigenvalue weighted by Crippen LogP contribution is 2.26. The van der Waals surface area contributed by atoms with E-state index in [0.717, 1.165) is 0 Å². The lowest BCUT2D eigenvalue weighted by atomic mass is 9.89. The van der Waals surface area contributed by atoms with Gasteiger partial charge in [-0.25, -0.2) is 4.79 Å². The summed E-state index contributed by atoms with van der Waals surface area (Å²) in [7, 11) is 3.01. The van der Waals surface area contributed by atoms with Crippen molar-refractivity contribution in [2.45, 2.75) is 6.04 Å². The average Bonchev–Trinajstić information content (AvgIpc) is 2.71. The van der Waals surface area contributed by atoms with Gasteiger partial charge in [0.25, 0.3) is 0 Å². The third kappa shape index (κ3) is 4.04. The van der Waals surface area contributed by atoms with Gasteiger partial charge in [-0.15, -0.1) is 0 Å². The Morgan fingerprint density at radius 3 is 2.38 bits per heavy atom. The second kappa shape index (κ2) is 8.73. The van der Waals surface area contributed by atoms with Gasteiger partial charge in [0.05, 0.1) is 30.1 Å². The van der Waals surface area contributed by atoms with E-state index < -0.39 is 12.0 Å². The zero-order valence-electron chi connectivity index (χ0n) is 14.7. The molecule has 0 bridgehead atoms. The van der Waals surface area contributed by atoms with E-state index in [1.165, 1.54) is 7.11 Å². The Hall–Kier alpha value is -3.25. The van der Waals surface area contributed by atoms with Crippen molar-refractivity contribution in [3.63, 3.8) is 0 Å². The maximum Gasteiger partial charge on any atom is 0.337 e. The molecule has 0 aliphatic carbocycles. The quantitative estimate of drug-likeness (QED) is 0.307. The van der Waals surface area contributed by atoms with Gasteiger partial charge in [0.2, 0.25) is 0 Å². The molecule has 6 heteroatoms. The Morgan fingerprint density at radius 1 is 1.15 bits per heavy atom. The minimum atomic E-state index is -0.544. The number of benzene rings is 2. The number of nitrogens with two attached hydrogens (primary N) is 1. The number of methoxy groups -OCH3 is 1.